The van der Waals surface area contributed by atoms with Crippen molar-refractivity contribution in [3.05, 3.63) is 101 Å². The summed E-state index contributed by atoms with van der Waals surface area (Å²) in [5.74, 6) is -0.183. The lowest BCUT2D eigenvalue weighted by atomic mass is 10.1. The molecule has 1 aliphatic heterocycles. The van der Waals surface area contributed by atoms with E-state index >= 15 is 0 Å². The van der Waals surface area contributed by atoms with E-state index in [0.717, 1.165) is 39.6 Å². The second-order valence-electron chi connectivity index (χ2n) is 7.44. The molecule has 29 heavy (non-hydrogen) atoms. The first-order valence-electron chi connectivity index (χ1n) is 9.72. The fraction of sp³-hybridized carbons (Fsp3) is 0.167. The van der Waals surface area contributed by atoms with Crippen molar-refractivity contribution < 1.29 is 9.18 Å². The lowest BCUT2D eigenvalue weighted by Crippen LogP contribution is -2.31. The second kappa shape index (κ2) is 7.17. The third kappa shape index (κ3) is 3.29. The lowest BCUT2D eigenvalue weighted by molar-refractivity contribution is 0.0750. The van der Waals surface area contributed by atoms with Crippen LogP contribution in [0.3, 0.4) is 0 Å². The first kappa shape index (κ1) is 17.6. The van der Waals surface area contributed by atoms with Crippen molar-refractivity contribution in [3.8, 4) is 0 Å². The van der Waals surface area contributed by atoms with Crippen LogP contribution in [-0.2, 0) is 19.5 Å². The fourth-order valence-corrected chi connectivity index (χ4v) is 4.16. The Morgan fingerprint density at radius 1 is 0.966 bits per heavy atom. The zero-order valence-corrected chi connectivity index (χ0v) is 15.9. The molecular formula is C24H20FN3O. The van der Waals surface area contributed by atoms with Crippen molar-refractivity contribution >= 4 is 16.8 Å². The Labute approximate surface area is 168 Å². The Morgan fingerprint density at radius 3 is 2.62 bits per heavy atom. The van der Waals surface area contributed by atoms with Crippen LogP contribution in [0, 0.1) is 5.82 Å². The van der Waals surface area contributed by atoms with Crippen LogP contribution in [-0.4, -0.2) is 26.9 Å². The summed E-state index contributed by atoms with van der Waals surface area (Å²) in [6.45, 7) is 1.81. The molecule has 144 valence electrons. The minimum absolute atomic E-state index is 0.0506. The predicted octanol–water partition coefficient (Wildman–Crippen LogP) is 4.42. The molecule has 0 fully saturated rings. The summed E-state index contributed by atoms with van der Waals surface area (Å²) in [5, 5.41) is 1.02. The first-order valence-corrected chi connectivity index (χ1v) is 9.72. The van der Waals surface area contributed by atoms with E-state index in [0.29, 0.717) is 19.6 Å². The van der Waals surface area contributed by atoms with Gasteiger partial charge in [-0.25, -0.2) is 4.39 Å². The molecule has 3 heterocycles. The van der Waals surface area contributed by atoms with Crippen molar-refractivity contribution in [3.63, 3.8) is 0 Å². The van der Waals surface area contributed by atoms with E-state index < -0.39 is 0 Å². The van der Waals surface area contributed by atoms with Gasteiger partial charge in [-0.15, -0.1) is 0 Å². The topological polar surface area (TPSA) is 38.1 Å². The number of rotatable bonds is 4. The minimum Gasteiger partial charge on any atom is -0.343 e. The summed E-state index contributed by atoms with van der Waals surface area (Å²) in [7, 11) is 0. The predicted molar refractivity (Wildman–Crippen MR) is 110 cm³/mol. The Balaban J connectivity index is 1.52. The van der Waals surface area contributed by atoms with Crippen molar-refractivity contribution in [2.24, 2.45) is 0 Å². The fourth-order valence-electron chi connectivity index (χ4n) is 4.16. The Hall–Kier alpha value is -3.47. The molecule has 4 nitrogen and oxygen atoms in total. The van der Waals surface area contributed by atoms with E-state index in [2.05, 4.69) is 15.7 Å². The van der Waals surface area contributed by atoms with Gasteiger partial charge in [0.1, 0.15) is 5.82 Å². The number of hydrogen-bond acceptors (Lipinski definition) is 2. The molecule has 0 unspecified atom stereocenters. The molecule has 0 atom stereocenters. The Morgan fingerprint density at radius 2 is 1.79 bits per heavy atom. The molecule has 0 spiro atoms. The molecule has 2 aromatic heterocycles. The summed E-state index contributed by atoms with van der Waals surface area (Å²) in [5.41, 5.74) is 4.89. The number of carbonyl (C=O) groups is 1. The van der Waals surface area contributed by atoms with Gasteiger partial charge in [0.25, 0.3) is 5.91 Å². The molecule has 4 aromatic rings. The highest BCUT2D eigenvalue weighted by molar-refractivity contribution is 6.08. The van der Waals surface area contributed by atoms with E-state index in [4.69, 9.17) is 0 Å². The SMILES string of the molecule is O=C1c2cccc3c2c(cn3Cc2cccc(F)c2)CCN1Cc1ccncc1. The second-order valence-corrected chi connectivity index (χ2v) is 7.44. The van der Waals surface area contributed by atoms with Crippen LogP contribution in [0.5, 0.6) is 0 Å². The highest BCUT2D eigenvalue weighted by Gasteiger charge is 2.25. The molecule has 0 aliphatic carbocycles. The van der Waals surface area contributed by atoms with Crippen LogP contribution in [0.1, 0.15) is 27.0 Å². The highest BCUT2D eigenvalue weighted by atomic mass is 19.1. The molecular weight excluding hydrogens is 365 g/mol. The molecule has 5 heteroatoms. The molecule has 2 aromatic carbocycles. The number of amides is 1. The largest absolute Gasteiger partial charge is 0.343 e. The van der Waals surface area contributed by atoms with Gasteiger partial charge in [0, 0.05) is 54.7 Å². The van der Waals surface area contributed by atoms with Gasteiger partial charge in [0.05, 0.1) is 0 Å². The zero-order valence-electron chi connectivity index (χ0n) is 15.9. The van der Waals surface area contributed by atoms with Crippen molar-refractivity contribution in [2.75, 3.05) is 6.54 Å². The zero-order chi connectivity index (χ0) is 19.8. The van der Waals surface area contributed by atoms with Crippen molar-refractivity contribution in [2.45, 2.75) is 19.5 Å². The number of carbonyl (C=O) groups excluding carboxylic acids is 1. The maximum atomic E-state index is 13.6. The molecule has 0 N–H and O–H groups in total. The van der Waals surface area contributed by atoms with E-state index in [1.54, 1.807) is 24.5 Å². The number of hydrogen-bond donors (Lipinski definition) is 0. The van der Waals surface area contributed by atoms with Gasteiger partial charge >= 0.3 is 0 Å². The van der Waals surface area contributed by atoms with Crippen molar-refractivity contribution in [1.82, 2.24) is 14.5 Å². The maximum absolute atomic E-state index is 13.6. The monoisotopic (exact) mass is 385 g/mol. The minimum atomic E-state index is -0.233. The number of pyridine rings is 1. The van der Waals surface area contributed by atoms with Gasteiger partial charge in [-0.3, -0.25) is 9.78 Å². The smallest absolute Gasteiger partial charge is 0.254 e. The standard InChI is InChI=1S/C24H20FN3O/c25-20-4-1-3-18(13-20)15-28-16-19-9-12-27(14-17-7-10-26-11-8-17)24(29)21-5-2-6-22(28)23(19)21/h1-8,10-11,13,16H,9,12,14-15H2. The van der Waals surface area contributed by atoms with E-state index in [9.17, 15) is 9.18 Å². The molecule has 0 radical (unpaired) electrons. The summed E-state index contributed by atoms with van der Waals surface area (Å²) in [4.78, 5) is 19.2. The molecule has 5 rings (SSSR count). The van der Waals surface area contributed by atoms with Gasteiger partial charge in [0.15, 0.2) is 0 Å². The maximum Gasteiger partial charge on any atom is 0.254 e. The van der Waals surface area contributed by atoms with Crippen LogP contribution in [0.2, 0.25) is 0 Å². The van der Waals surface area contributed by atoms with Gasteiger partial charge in [-0.2, -0.15) is 0 Å². The van der Waals surface area contributed by atoms with Crippen molar-refractivity contribution in [1.29, 1.82) is 0 Å². The van der Waals surface area contributed by atoms with Gasteiger partial charge in [0.2, 0.25) is 0 Å². The summed E-state index contributed by atoms with van der Waals surface area (Å²) in [6.07, 6.45) is 6.41. The molecule has 1 amide bonds. The first-order chi connectivity index (χ1) is 14.2. The average molecular weight is 385 g/mol. The number of benzene rings is 2. The molecule has 0 bridgehead atoms. The molecule has 0 saturated heterocycles. The summed E-state index contributed by atoms with van der Waals surface area (Å²) < 4.78 is 15.7. The van der Waals surface area contributed by atoms with Gasteiger partial charge in [-0.1, -0.05) is 18.2 Å². The highest BCUT2D eigenvalue weighted by Crippen LogP contribution is 2.30. The normalized spacial score (nSPS) is 13.7. The summed E-state index contributed by atoms with van der Waals surface area (Å²) in [6, 6.07) is 16.4. The third-order valence-corrected chi connectivity index (χ3v) is 5.52. The van der Waals surface area contributed by atoms with Crippen LogP contribution >= 0.6 is 0 Å². The number of aromatic nitrogens is 2. The quantitative estimate of drug-likeness (QED) is 0.522. The summed E-state index contributed by atoms with van der Waals surface area (Å²) >= 11 is 0. The van der Waals surface area contributed by atoms with Crippen LogP contribution in [0.25, 0.3) is 10.9 Å². The van der Waals surface area contributed by atoms with Crippen LogP contribution in [0.4, 0.5) is 4.39 Å². The number of halogens is 1. The molecule has 1 aliphatic rings. The third-order valence-electron chi connectivity index (χ3n) is 5.52. The number of nitrogens with zero attached hydrogens (tertiary/aromatic N) is 3. The van der Waals surface area contributed by atoms with Crippen LogP contribution in [0.15, 0.2) is 73.2 Å². The van der Waals surface area contributed by atoms with E-state index in [1.165, 1.54) is 6.07 Å². The van der Waals surface area contributed by atoms with E-state index in [-0.39, 0.29) is 11.7 Å². The molecule has 0 saturated carbocycles. The van der Waals surface area contributed by atoms with Gasteiger partial charge in [-0.05, 0) is 59.5 Å². The Kier molecular flexibility index (Phi) is 4.35. The van der Waals surface area contributed by atoms with Gasteiger partial charge < -0.3 is 9.47 Å². The Bertz CT molecular complexity index is 1200. The average Bonchev–Trinajstić information content (AvgIpc) is 3.02. The van der Waals surface area contributed by atoms with E-state index in [1.807, 2.05) is 41.3 Å². The lowest BCUT2D eigenvalue weighted by Gasteiger charge is -2.21. The van der Waals surface area contributed by atoms with Crippen LogP contribution < -0.4 is 0 Å².